The summed E-state index contributed by atoms with van der Waals surface area (Å²) < 4.78 is 5.91. The molecule has 0 spiro atoms. The number of rotatable bonds is 6. The molecule has 2 rings (SSSR count). The number of para-hydroxylation sites is 1. The lowest BCUT2D eigenvalue weighted by Gasteiger charge is -2.21. The molecule has 0 saturated carbocycles. The van der Waals surface area contributed by atoms with Crippen LogP contribution in [0.2, 0.25) is 0 Å². The molecule has 0 unspecified atom stereocenters. The van der Waals surface area contributed by atoms with Gasteiger partial charge in [0, 0.05) is 5.69 Å². The van der Waals surface area contributed by atoms with Crippen molar-refractivity contribution in [2.24, 2.45) is 0 Å². The Labute approximate surface area is 145 Å². The van der Waals surface area contributed by atoms with Crippen LogP contribution in [-0.4, -0.2) is 12.0 Å². The van der Waals surface area contributed by atoms with Crippen LogP contribution in [0.3, 0.4) is 0 Å². The fraction of sp³-hybridized carbons (Fsp3) is 0.381. The molecule has 3 nitrogen and oxygen atoms in total. The predicted octanol–water partition coefficient (Wildman–Crippen LogP) is 5.22. The van der Waals surface area contributed by atoms with Gasteiger partial charge in [0.05, 0.1) is 0 Å². The van der Waals surface area contributed by atoms with E-state index in [4.69, 9.17) is 4.74 Å². The minimum atomic E-state index is -0.508. The summed E-state index contributed by atoms with van der Waals surface area (Å²) in [7, 11) is 0. The number of carbonyl (C=O) groups excluding carboxylic acids is 1. The minimum absolute atomic E-state index is 0.102. The van der Waals surface area contributed by atoms with Crippen molar-refractivity contribution in [2.75, 3.05) is 5.32 Å². The zero-order chi connectivity index (χ0) is 17.7. The first-order chi connectivity index (χ1) is 11.4. The molecule has 3 heteroatoms. The monoisotopic (exact) mass is 325 g/mol. The fourth-order valence-electron chi connectivity index (χ4n) is 2.72. The Morgan fingerprint density at radius 2 is 1.83 bits per heavy atom. The summed E-state index contributed by atoms with van der Waals surface area (Å²) in [6.07, 6.45) is 0.106. The molecule has 1 amide bonds. The molecule has 0 aliphatic heterocycles. The summed E-state index contributed by atoms with van der Waals surface area (Å²) in [6.45, 7) is 10.2. The lowest BCUT2D eigenvalue weighted by atomic mass is 9.98. The fourth-order valence-corrected chi connectivity index (χ4v) is 2.72. The highest BCUT2D eigenvalue weighted by atomic mass is 16.5. The summed E-state index contributed by atoms with van der Waals surface area (Å²) in [4.78, 5) is 12.7. The lowest BCUT2D eigenvalue weighted by molar-refractivity contribution is -0.122. The van der Waals surface area contributed by atoms with Crippen LogP contribution >= 0.6 is 0 Å². The van der Waals surface area contributed by atoms with Gasteiger partial charge in [0.2, 0.25) is 0 Å². The van der Waals surface area contributed by atoms with Crippen molar-refractivity contribution >= 4 is 11.6 Å². The van der Waals surface area contributed by atoms with Crippen LogP contribution in [0.1, 0.15) is 49.8 Å². The summed E-state index contributed by atoms with van der Waals surface area (Å²) in [5.41, 5.74) is 4.24. The van der Waals surface area contributed by atoms with Crippen LogP contribution in [0, 0.1) is 13.8 Å². The van der Waals surface area contributed by atoms with E-state index in [0.29, 0.717) is 12.3 Å². The van der Waals surface area contributed by atoms with Crippen molar-refractivity contribution in [3.63, 3.8) is 0 Å². The van der Waals surface area contributed by atoms with E-state index >= 15 is 0 Å². The van der Waals surface area contributed by atoms with Crippen molar-refractivity contribution in [3.05, 3.63) is 59.2 Å². The van der Waals surface area contributed by atoms with Gasteiger partial charge in [0.15, 0.2) is 6.10 Å². The Hall–Kier alpha value is -2.29. The molecule has 1 N–H and O–H groups in total. The first-order valence-corrected chi connectivity index (χ1v) is 8.56. The molecule has 0 aliphatic carbocycles. The molecule has 0 aromatic heterocycles. The number of aryl methyl sites for hydroxylation is 2. The Balaban J connectivity index is 2.18. The second-order valence-corrected chi connectivity index (χ2v) is 6.51. The highest BCUT2D eigenvalue weighted by Crippen LogP contribution is 2.28. The van der Waals surface area contributed by atoms with Crippen LogP contribution in [0.4, 0.5) is 5.69 Å². The van der Waals surface area contributed by atoms with Gasteiger partial charge in [-0.05, 0) is 55.0 Å². The van der Waals surface area contributed by atoms with Gasteiger partial charge >= 0.3 is 0 Å². The summed E-state index contributed by atoms with van der Waals surface area (Å²) in [5, 5.41) is 3.08. The van der Waals surface area contributed by atoms with Crippen molar-refractivity contribution in [3.8, 4) is 5.75 Å². The third kappa shape index (κ3) is 4.38. The second kappa shape index (κ2) is 8.00. The second-order valence-electron chi connectivity index (χ2n) is 6.51. The van der Waals surface area contributed by atoms with E-state index in [1.807, 2.05) is 57.2 Å². The Bertz CT molecular complexity index is 707. The van der Waals surface area contributed by atoms with E-state index in [1.54, 1.807) is 0 Å². The van der Waals surface area contributed by atoms with Gasteiger partial charge in [0.1, 0.15) is 5.75 Å². The molecule has 0 radical (unpaired) electrons. The minimum Gasteiger partial charge on any atom is -0.481 e. The number of carbonyl (C=O) groups is 1. The van der Waals surface area contributed by atoms with Crippen LogP contribution in [0.25, 0.3) is 0 Å². The van der Waals surface area contributed by atoms with E-state index in [-0.39, 0.29) is 5.91 Å². The molecule has 128 valence electrons. The van der Waals surface area contributed by atoms with Crippen molar-refractivity contribution in [1.82, 2.24) is 0 Å². The summed E-state index contributed by atoms with van der Waals surface area (Å²) in [5.74, 6) is 0.971. The van der Waals surface area contributed by atoms with Crippen LogP contribution in [-0.2, 0) is 4.79 Å². The number of amides is 1. The first kappa shape index (κ1) is 18.1. The van der Waals surface area contributed by atoms with Crippen LogP contribution in [0.5, 0.6) is 5.75 Å². The number of benzene rings is 2. The average Bonchev–Trinajstić information content (AvgIpc) is 2.54. The third-order valence-electron chi connectivity index (χ3n) is 4.11. The summed E-state index contributed by atoms with van der Waals surface area (Å²) >= 11 is 0. The highest BCUT2D eigenvalue weighted by Gasteiger charge is 2.21. The summed E-state index contributed by atoms with van der Waals surface area (Å²) in [6, 6.07) is 13.9. The van der Waals surface area contributed by atoms with Crippen molar-refractivity contribution < 1.29 is 9.53 Å². The van der Waals surface area contributed by atoms with Gasteiger partial charge in [0.25, 0.3) is 5.91 Å². The van der Waals surface area contributed by atoms with Gasteiger partial charge in [-0.25, -0.2) is 0 Å². The van der Waals surface area contributed by atoms with Gasteiger partial charge in [-0.3, -0.25) is 4.79 Å². The normalized spacial score (nSPS) is 12.1. The number of hydrogen-bond donors (Lipinski definition) is 1. The Morgan fingerprint density at radius 3 is 2.46 bits per heavy atom. The molecule has 2 aromatic rings. The number of hydrogen-bond acceptors (Lipinski definition) is 2. The molecular weight excluding hydrogens is 298 g/mol. The molecule has 2 aromatic carbocycles. The maximum Gasteiger partial charge on any atom is 0.265 e. The number of anilines is 1. The van der Waals surface area contributed by atoms with E-state index in [2.05, 4.69) is 25.2 Å². The third-order valence-corrected chi connectivity index (χ3v) is 4.11. The van der Waals surface area contributed by atoms with E-state index in [1.165, 1.54) is 0 Å². The maximum atomic E-state index is 12.7. The molecule has 0 heterocycles. The van der Waals surface area contributed by atoms with Crippen molar-refractivity contribution in [1.29, 1.82) is 0 Å². The van der Waals surface area contributed by atoms with Gasteiger partial charge in [-0.1, -0.05) is 51.1 Å². The molecular formula is C21H27NO2. The van der Waals surface area contributed by atoms with Crippen LogP contribution < -0.4 is 10.1 Å². The largest absolute Gasteiger partial charge is 0.481 e. The standard InChI is InChI=1S/C21H27NO2/c1-6-19(24-17-11-7-9-15(4)13-17)21(23)22-20-16(5)10-8-12-18(20)14(2)3/h7-14,19H,6H2,1-5H3,(H,22,23)/t19-/m1/s1. The number of nitrogens with one attached hydrogen (secondary N) is 1. The molecule has 0 aliphatic rings. The molecule has 1 atom stereocenters. The topological polar surface area (TPSA) is 38.3 Å². The Kier molecular flexibility index (Phi) is 6.02. The number of ether oxygens (including phenoxy) is 1. The smallest absolute Gasteiger partial charge is 0.265 e. The molecule has 24 heavy (non-hydrogen) atoms. The lowest BCUT2D eigenvalue weighted by Crippen LogP contribution is -2.33. The van der Waals surface area contributed by atoms with E-state index < -0.39 is 6.10 Å². The zero-order valence-electron chi connectivity index (χ0n) is 15.2. The van der Waals surface area contributed by atoms with Gasteiger partial charge < -0.3 is 10.1 Å². The SMILES string of the molecule is CC[C@@H](Oc1cccc(C)c1)C(=O)Nc1c(C)cccc1C(C)C. The molecule has 0 bridgehead atoms. The highest BCUT2D eigenvalue weighted by molar-refractivity contribution is 5.95. The molecule has 0 saturated heterocycles. The van der Waals surface area contributed by atoms with Crippen molar-refractivity contribution in [2.45, 2.75) is 53.1 Å². The predicted molar refractivity (Wildman–Crippen MR) is 99.8 cm³/mol. The first-order valence-electron chi connectivity index (χ1n) is 8.56. The quantitative estimate of drug-likeness (QED) is 0.790. The van der Waals surface area contributed by atoms with E-state index in [9.17, 15) is 4.79 Å². The van der Waals surface area contributed by atoms with Gasteiger partial charge in [-0.2, -0.15) is 0 Å². The zero-order valence-corrected chi connectivity index (χ0v) is 15.2. The average molecular weight is 325 g/mol. The maximum absolute atomic E-state index is 12.7. The Morgan fingerprint density at radius 1 is 1.12 bits per heavy atom. The van der Waals surface area contributed by atoms with Crippen LogP contribution in [0.15, 0.2) is 42.5 Å². The van der Waals surface area contributed by atoms with E-state index in [0.717, 1.165) is 28.1 Å². The molecule has 0 fully saturated rings. The van der Waals surface area contributed by atoms with Gasteiger partial charge in [-0.15, -0.1) is 0 Å².